The van der Waals surface area contributed by atoms with Crippen molar-refractivity contribution in [1.29, 1.82) is 0 Å². The second kappa shape index (κ2) is 11.2. The van der Waals surface area contributed by atoms with Gasteiger partial charge in [-0.05, 0) is 40.5 Å². The van der Waals surface area contributed by atoms with E-state index in [0.717, 1.165) is 38.3 Å². The molecule has 0 unspecified atom stereocenters. The smallest absolute Gasteiger partial charge is 0.407 e. The average molecular weight is 300 g/mol. The Morgan fingerprint density at radius 3 is 2.29 bits per heavy atom. The number of nitrogens with zero attached hydrogens (tertiary/aromatic N) is 1. The maximum absolute atomic E-state index is 11.4. The Morgan fingerprint density at radius 2 is 1.71 bits per heavy atom. The molecule has 0 aromatic rings. The first-order chi connectivity index (χ1) is 9.89. The monoisotopic (exact) mass is 300 g/mol. The summed E-state index contributed by atoms with van der Waals surface area (Å²) in [5, 5.41) is 9.20. The Morgan fingerprint density at radius 1 is 1.05 bits per heavy atom. The van der Waals surface area contributed by atoms with Crippen LogP contribution < -0.4 is 16.0 Å². The first kappa shape index (κ1) is 19.5. The molecule has 21 heavy (non-hydrogen) atoms. The number of carbonyl (C=O) groups excluding carboxylic acids is 1. The molecule has 0 rings (SSSR count). The molecular formula is C15H32N4O2. The van der Waals surface area contributed by atoms with Gasteiger partial charge in [-0.2, -0.15) is 0 Å². The minimum atomic E-state index is -0.455. The molecule has 0 aliphatic rings. The van der Waals surface area contributed by atoms with Crippen molar-refractivity contribution in [3.8, 4) is 0 Å². The van der Waals surface area contributed by atoms with Gasteiger partial charge in [-0.3, -0.25) is 4.99 Å². The second-order valence-electron chi connectivity index (χ2n) is 5.82. The van der Waals surface area contributed by atoms with Gasteiger partial charge in [0.2, 0.25) is 0 Å². The molecule has 0 bridgehead atoms. The highest BCUT2D eigenvalue weighted by molar-refractivity contribution is 5.79. The van der Waals surface area contributed by atoms with Crippen molar-refractivity contribution in [2.24, 2.45) is 4.99 Å². The molecule has 0 radical (unpaired) electrons. The molecule has 0 spiro atoms. The van der Waals surface area contributed by atoms with Crippen molar-refractivity contribution >= 4 is 12.1 Å². The molecule has 0 aliphatic heterocycles. The molecule has 0 aromatic heterocycles. The van der Waals surface area contributed by atoms with E-state index in [1.54, 1.807) is 0 Å². The molecule has 0 aliphatic carbocycles. The van der Waals surface area contributed by atoms with E-state index >= 15 is 0 Å². The zero-order valence-electron chi connectivity index (χ0n) is 14.2. The molecule has 0 saturated heterocycles. The first-order valence-corrected chi connectivity index (χ1v) is 7.88. The normalized spacial score (nSPS) is 12.0. The predicted molar refractivity (Wildman–Crippen MR) is 87.7 cm³/mol. The van der Waals surface area contributed by atoms with Crippen molar-refractivity contribution in [1.82, 2.24) is 16.0 Å². The van der Waals surface area contributed by atoms with E-state index in [4.69, 9.17) is 4.74 Å². The summed E-state index contributed by atoms with van der Waals surface area (Å²) in [6, 6.07) is 0. The summed E-state index contributed by atoms with van der Waals surface area (Å²) in [5.41, 5.74) is -0.455. The van der Waals surface area contributed by atoms with Crippen LogP contribution in [0, 0.1) is 0 Å². The van der Waals surface area contributed by atoms with Crippen LogP contribution in [0.15, 0.2) is 4.99 Å². The van der Waals surface area contributed by atoms with Crippen LogP contribution in [0.1, 0.15) is 53.9 Å². The number of guanidine groups is 1. The molecule has 6 nitrogen and oxygen atoms in total. The number of hydrogen-bond acceptors (Lipinski definition) is 3. The van der Waals surface area contributed by atoms with Crippen LogP contribution in [0.4, 0.5) is 4.79 Å². The largest absolute Gasteiger partial charge is 0.444 e. The van der Waals surface area contributed by atoms with Gasteiger partial charge >= 0.3 is 6.09 Å². The van der Waals surface area contributed by atoms with Crippen LogP contribution in [-0.4, -0.2) is 43.8 Å². The van der Waals surface area contributed by atoms with E-state index in [1.807, 2.05) is 27.7 Å². The molecule has 0 heterocycles. The Labute approximate surface area is 129 Å². The molecule has 0 saturated carbocycles. The van der Waals surface area contributed by atoms with Crippen LogP contribution in [0.25, 0.3) is 0 Å². The molecule has 124 valence electrons. The van der Waals surface area contributed by atoms with Crippen LogP contribution in [0.5, 0.6) is 0 Å². The van der Waals surface area contributed by atoms with Crippen LogP contribution in [-0.2, 0) is 4.74 Å². The Kier molecular flexibility index (Phi) is 10.4. The average Bonchev–Trinajstić information content (AvgIpc) is 2.36. The Balaban J connectivity index is 3.86. The molecular weight excluding hydrogens is 268 g/mol. The molecule has 3 N–H and O–H groups in total. The summed E-state index contributed by atoms with van der Waals surface area (Å²) in [7, 11) is 0. The fraction of sp³-hybridized carbons (Fsp3) is 0.867. The lowest BCUT2D eigenvalue weighted by atomic mass is 10.2. The topological polar surface area (TPSA) is 74.8 Å². The van der Waals surface area contributed by atoms with Crippen LogP contribution >= 0.6 is 0 Å². The van der Waals surface area contributed by atoms with Crippen molar-refractivity contribution in [3.63, 3.8) is 0 Å². The lowest BCUT2D eigenvalue weighted by Crippen LogP contribution is -2.38. The fourth-order valence-corrected chi connectivity index (χ4v) is 1.50. The van der Waals surface area contributed by atoms with Crippen molar-refractivity contribution in [3.05, 3.63) is 0 Å². The summed E-state index contributed by atoms with van der Waals surface area (Å²) in [5.74, 6) is 0.836. The summed E-state index contributed by atoms with van der Waals surface area (Å²) in [6.07, 6.45) is 2.69. The van der Waals surface area contributed by atoms with Gasteiger partial charge in [-0.25, -0.2) is 4.79 Å². The van der Waals surface area contributed by atoms with E-state index < -0.39 is 5.60 Å². The van der Waals surface area contributed by atoms with Gasteiger partial charge in [0.25, 0.3) is 0 Å². The fourth-order valence-electron chi connectivity index (χ4n) is 1.50. The van der Waals surface area contributed by atoms with Gasteiger partial charge in [0.15, 0.2) is 5.96 Å². The number of nitrogens with one attached hydrogen (secondary N) is 3. The predicted octanol–water partition coefficient (Wildman–Crippen LogP) is 2.26. The minimum Gasteiger partial charge on any atom is -0.444 e. The number of carbonyl (C=O) groups is 1. The van der Waals surface area contributed by atoms with Gasteiger partial charge < -0.3 is 20.7 Å². The lowest BCUT2D eigenvalue weighted by molar-refractivity contribution is 0.0527. The number of hydrogen-bond donors (Lipinski definition) is 3. The zero-order valence-corrected chi connectivity index (χ0v) is 14.2. The van der Waals surface area contributed by atoms with E-state index in [9.17, 15) is 4.79 Å². The highest BCUT2D eigenvalue weighted by atomic mass is 16.6. The first-order valence-electron chi connectivity index (χ1n) is 7.88. The van der Waals surface area contributed by atoms with E-state index in [2.05, 4.69) is 27.9 Å². The third kappa shape index (κ3) is 13.3. The molecule has 1 amide bonds. The lowest BCUT2D eigenvalue weighted by Gasteiger charge is -2.19. The van der Waals surface area contributed by atoms with Gasteiger partial charge in [-0.15, -0.1) is 0 Å². The maximum atomic E-state index is 11.4. The number of alkyl carbamates (subject to hydrolysis) is 1. The highest BCUT2D eigenvalue weighted by Crippen LogP contribution is 2.06. The number of amides is 1. The number of aliphatic imine (C=N–C) groups is 1. The summed E-state index contributed by atoms with van der Waals surface area (Å²) >= 11 is 0. The summed E-state index contributed by atoms with van der Waals surface area (Å²) in [6.45, 7) is 12.7. The molecule has 0 aromatic carbocycles. The Hall–Kier alpha value is -1.46. The highest BCUT2D eigenvalue weighted by Gasteiger charge is 2.15. The molecule has 0 atom stereocenters. The second-order valence-corrected chi connectivity index (χ2v) is 5.82. The van der Waals surface area contributed by atoms with E-state index in [-0.39, 0.29) is 6.09 Å². The van der Waals surface area contributed by atoms with Crippen molar-refractivity contribution in [2.45, 2.75) is 59.5 Å². The van der Waals surface area contributed by atoms with Crippen LogP contribution in [0.2, 0.25) is 0 Å². The van der Waals surface area contributed by atoms with Crippen molar-refractivity contribution < 1.29 is 9.53 Å². The van der Waals surface area contributed by atoms with Gasteiger partial charge in [0.05, 0.1) is 0 Å². The van der Waals surface area contributed by atoms with E-state index in [0.29, 0.717) is 13.1 Å². The van der Waals surface area contributed by atoms with Gasteiger partial charge in [-0.1, -0.05) is 13.3 Å². The number of rotatable bonds is 8. The molecule has 6 heteroatoms. The maximum Gasteiger partial charge on any atom is 0.407 e. The zero-order chi connectivity index (χ0) is 16.1. The number of unbranched alkanes of at least 4 members (excludes halogenated alkanes) is 1. The Bertz CT molecular complexity index is 311. The summed E-state index contributed by atoms with van der Waals surface area (Å²) in [4.78, 5) is 15.9. The van der Waals surface area contributed by atoms with E-state index in [1.165, 1.54) is 0 Å². The third-order valence-corrected chi connectivity index (χ3v) is 2.44. The number of ether oxygens (including phenoxy) is 1. The molecule has 0 fully saturated rings. The SMILES string of the molecule is CCCCNC(=NCCCNC(=O)OC(C)(C)C)NCC. The van der Waals surface area contributed by atoms with Crippen molar-refractivity contribution in [2.75, 3.05) is 26.2 Å². The minimum absolute atomic E-state index is 0.376. The third-order valence-electron chi connectivity index (χ3n) is 2.44. The van der Waals surface area contributed by atoms with Gasteiger partial charge in [0, 0.05) is 26.2 Å². The van der Waals surface area contributed by atoms with Crippen LogP contribution in [0.3, 0.4) is 0 Å². The summed E-state index contributed by atoms with van der Waals surface area (Å²) < 4.78 is 5.16. The quantitative estimate of drug-likeness (QED) is 0.365. The van der Waals surface area contributed by atoms with Gasteiger partial charge in [0.1, 0.15) is 5.60 Å². The standard InChI is InChI=1S/C15H32N4O2/c1-6-8-10-17-13(16-7-2)18-11-9-12-19-14(20)21-15(3,4)5/h6-12H2,1-5H3,(H,19,20)(H2,16,17,18).